The van der Waals surface area contributed by atoms with Crippen LogP contribution in [-0.4, -0.2) is 17.7 Å². The predicted octanol–water partition coefficient (Wildman–Crippen LogP) is 4.34. The smallest absolute Gasteiger partial charge is 0.323 e. The van der Waals surface area contributed by atoms with Crippen molar-refractivity contribution in [3.05, 3.63) is 87.6 Å². The molecule has 2 N–H and O–H groups in total. The van der Waals surface area contributed by atoms with E-state index in [9.17, 15) is 14.0 Å². The topological polar surface area (TPSA) is 72.4 Å². The van der Waals surface area contributed by atoms with E-state index in [1.54, 1.807) is 30.3 Å². The quantitative estimate of drug-likeness (QED) is 0.668. The molecule has 3 aromatic rings. The number of ether oxygens (including phenoxy) is 1. The molecule has 0 saturated heterocycles. The highest BCUT2D eigenvalue weighted by Crippen LogP contribution is 2.18. The van der Waals surface area contributed by atoms with Crippen molar-refractivity contribution < 1.29 is 13.9 Å². The van der Waals surface area contributed by atoms with E-state index >= 15 is 0 Å². The summed E-state index contributed by atoms with van der Waals surface area (Å²) in [6.07, 6.45) is 1.54. The van der Waals surface area contributed by atoms with E-state index in [0.29, 0.717) is 22.0 Å². The Bertz CT molecular complexity index is 1070. The lowest BCUT2D eigenvalue weighted by molar-refractivity contribution is 0.262. The minimum absolute atomic E-state index is 0.0719. The molecule has 3 rings (SSSR count). The largest absolute Gasteiger partial charge is 0.497 e. The standard InChI is InChI=1S/C20H17ClFN3O3/c1-28-16-5-2-4-15(11-16)23-20(27)24-18-6-3-9-25(19(18)26)12-13-10-14(22)7-8-17(13)21/h2-11H,12H2,1H3,(H2,23,24,27). The van der Waals surface area contributed by atoms with Crippen LogP contribution in [0.5, 0.6) is 5.75 Å². The van der Waals surface area contributed by atoms with Gasteiger partial charge in [0.2, 0.25) is 0 Å². The highest BCUT2D eigenvalue weighted by molar-refractivity contribution is 6.31. The van der Waals surface area contributed by atoms with Gasteiger partial charge in [0.05, 0.1) is 13.7 Å². The van der Waals surface area contributed by atoms with Crippen molar-refractivity contribution in [2.24, 2.45) is 0 Å². The number of anilines is 2. The Morgan fingerprint density at radius 2 is 1.96 bits per heavy atom. The summed E-state index contributed by atoms with van der Waals surface area (Å²) in [5.41, 5.74) is 0.612. The number of rotatable bonds is 5. The minimum atomic E-state index is -0.577. The number of nitrogens with zero attached hydrogens (tertiary/aromatic N) is 1. The van der Waals surface area contributed by atoms with Crippen LogP contribution >= 0.6 is 11.6 Å². The minimum Gasteiger partial charge on any atom is -0.497 e. The molecule has 1 aromatic heterocycles. The number of benzene rings is 2. The summed E-state index contributed by atoms with van der Waals surface area (Å²) in [6, 6.07) is 13.3. The fourth-order valence-electron chi connectivity index (χ4n) is 2.59. The second kappa shape index (κ2) is 8.58. The lowest BCUT2D eigenvalue weighted by Crippen LogP contribution is -2.28. The van der Waals surface area contributed by atoms with Gasteiger partial charge in [-0.15, -0.1) is 0 Å². The van der Waals surface area contributed by atoms with Crippen LogP contribution in [-0.2, 0) is 6.54 Å². The summed E-state index contributed by atoms with van der Waals surface area (Å²) in [6.45, 7) is 0.0719. The number of methoxy groups -OCH3 is 1. The SMILES string of the molecule is COc1cccc(NC(=O)Nc2cccn(Cc3cc(F)ccc3Cl)c2=O)c1. The Hall–Kier alpha value is -3.32. The lowest BCUT2D eigenvalue weighted by Gasteiger charge is -2.11. The van der Waals surface area contributed by atoms with Crippen LogP contribution in [0.25, 0.3) is 0 Å². The van der Waals surface area contributed by atoms with Crippen LogP contribution in [0.3, 0.4) is 0 Å². The molecule has 0 unspecified atom stereocenters. The number of nitrogens with one attached hydrogen (secondary N) is 2. The first-order valence-electron chi connectivity index (χ1n) is 8.31. The van der Waals surface area contributed by atoms with Crippen LogP contribution in [0.15, 0.2) is 65.6 Å². The third-order valence-corrected chi connectivity index (χ3v) is 4.31. The Balaban J connectivity index is 1.76. The van der Waals surface area contributed by atoms with E-state index in [1.165, 1.54) is 42.1 Å². The number of hydrogen-bond donors (Lipinski definition) is 2. The highest BCUT2D eigenvalue weighted by atomic mass is 35.5. The molecule has 0 radical (unpaired) electrons. The van der Waals surface area contributed by atoms with Gasteiger partial charge in [-0.2, -0.15) is 0 Å². The number of urea groups is 1. The molecule has 0 bridgehead atoms. The van der Waals surface area contributed by atoms with Crippen molar-refractivity contribution in [3.63, 3.8) is 0 Å². The molecule has 2 amide bonds. The lowest BCUT2D eigenvalue weighted by atomic mass is 10.2. The molecule has 0 aliphatic carbocycles. The fourth-order valence-corrected chi connectivity index (χ4v) is 2.77. The van der Waals surface area contributed by atoms with Gasteiger partial charge >= 0.3 is 6.03 Å². The van der Waals surface area contributed by atoms with Gasteiger partial charge in [0.25, 0.3) is 5.56 Å². The molecular weight excluding hydrogens is 385 g/mol. The van der Waals surface area contributed by atoms with Gasteiger partial charge in [-0.25, -0.2) is 9.18 Å². The van der Waals surface area contributed by atoms with E-state index in [4.69, 9.17) is 16.3 Å². The summed E-state index contributed by atoms with van der Waals surface area (Å²) in [5.74, 6) is 0.145. The van der Waals surface area contributed by atoms with Crippen LogP contribution in [0.2, 0.25) is 5.02 Å². The maximum Gasteiger partial charge on any atom is 0.323 e. The van der Waals surface area contributed by atoms with Crippen LogP contribution in [0.1, 0.15) is 5.56 Å². The fraction of sp³-hybridized carbons (Fsp3) is 0.100. The number of aromatic nitrogens is 1. The Morgan fingerprint density at radius 1 is 1.14 bits per heavy atom. The number of pyridine rings is 1. The van der Waals surface area contributed by atoms with Gasteiger partial charge in [0.1, 0.15) is 17.3 Å². The third kappa shape index (κ3) is 4.69. The van der Waals surface area contributed by atoms with Gasteiger partial charge in [-0.1, -0.05) is 17.7 Å². The van der Waals surface area contributed by atoms with E-state index < -0.39 is 17.4 Å². The van der Waals surface area contributed by atoms with Crippen molar-refractivity contribution >= 4 is 29.0 Å². The Labute approximate surface area is 165 Å². The molecule has 0 aliphatic rings. The monoisotopic (exact) mass is 401 g/mol. The van der Waals surface area contributed by atoms with Gasteiger partial charge < -0.3 is 19.9 Å². The first kappa shape index (κ1) is 19.4. The van der Waals surface area contributed by atoms with Crippen molar-refractivity contribution in [1.82, 2.24) is 4.57 Å². The molecule has 0 aliphatic heterocycles. The first-order valence-corrected chi connectivity index (χ1v) is 8.69. The van der Waals surface area contributed by atoms with E-state index in [2.05, 4.69) is 10.6 Å². The molecule has 6 nitrogen and oxygen atoms in total. The van der Waals surface area contributed by atoms with Crippen molar-refractivity contribution in [1.29, 1.82) is 0 Å². The van der Waals surface area contributed by atoms with Gasteiger partial charge in [-0.3, -0.25) is 4.79 Å². The summed E-state index contributed by atoms with van der Waals surface area (Å²) in [5, 5.41) is 5.50. The van der Waals surface area contributed by atoms with Crippen molar-refractivity contribution in [2.75, 3.05) is 17.7 Å². The Kier molecular flexibility index (Phi) is 5.96. The zero-order valence-corrected chi connectivity index (χ0v) is 15.7. The van der Waals surface area contributed by atoms with Crippen molar-refractivity contribution in [2.45, 2.75) is 6.54 Å². The van der Waals surface area contributed by atoms with Gasteiger partial charge in [-0.05, 0) is 48.0 Å². The number of carbonyl (C=O) groups is 1. The summed E-state index contributed by atoms with van der Waals surface area (Å²) in [7, 11) is 1.52. The van der Waals surface area contributed by atoms with E-state index in [0.717, 1.165) is 0 Å². The average molecular weight is 402 g/mol. The first-order chi connectivity index (χ1) is 13.5. The molecule has 1 heterocycles. The second-order valence-corrected chi connectivity index (χ2v) is 6.31. The summed E-state index contributed by atoms with van der Waals surface area (Å²) < 4.78 is 19.9. The van der Waals surface area contributed by atoms with Crippen LogP contribution in [0, 0.1) is 5.82 Å². The second-order valence-electron chi connectivity index (χ2n) is 5.90. The average Bonchev–Trinajstić information content (AvgIpc) is 2.68. The maximum atomic E-state index is 13.4. The molecule has 8 heteroatoms. The highest BCUT2D eigenvalue weighted by Gasteiger charge is 2.10. The van der Waals surface area contributed by atoms with Crippen molar-refractivity contribution in [3.8, 4) is 5.75 Å². The predicted molar refractivity (Wildman–Crippen MR) is 107 cm³/mol. The molecule has 0 fully saturated rings. The van der Waals surface area contributed by atoms with E-state index in [-0.39, 0.29) is 12.2 Å². The van der Waals surface area contributed by atoms with E-state index in [1.807, 2.05) is 0 Å². The molecule has 0 atom stereocenters. The normalized spacial score (nSPS) is 10.4. The third-order valence-electron chi connectivity index (χ3n) is 3.94. The molecule has 28 heavy (non-hydrogen) atoms. The van der Waals surface area contributed by atoms with Gasteiger partial charge in [0, 0.05) is 23.0 Å². The molecule has 0 spiro atoms. The number of halogens is 2. The summed E-state index contributed by atoms with van der Waals surface area (Å²) in [4.78, 5) is 24.8. The Morgan fingerprint density at radius 3 is 2.75 bits per heavy atom. The van der Waals surface area contributed by atoms with Crippen LogP contribution < -0.4 is 20.9 Å². The van der Waals surface area contributed by atoms with Crippen LogP contribution in [0.4, 0.5) is 20.6 Å². The molecule has 144 valence electrons. The molecular formula is C20H17ClFN3O3. The maximum absolute atomic E-state index is 13.4. The van der Waals surface area contributed by atoms with Gasteiger partial charge in [0.15, 0.2) is 0 Å². The zero-order chi connectivity index (χ0) is 20.1. The number of carbonyl (C=O) groups excluding carboxylic acids is 1. The number of amides is 2. The molecule has 0 saturated carbocycles. The number of hydrogen-bond acceptors (Lipinski definition) is 3. The molecule has 2 aromatic carbocycles. The summed E-state index contributed by atoms with van der Waals surface area (Å²) >= 11 is 6.07. The zero-order valence-electron chi connectivity index (χ0n) is 14.9.